The number of rotatable bonds is 3. The molecule has 3 nitrogen and oxygen atoms in total. The molecule has 1 aromatic heterocycles. The Hall–Kier alpha value is -1.42. The molecule has 1 saturated carbocycles. The Morgan fingerprint density at radius 2 is 1.90 bits per heavy atom. The van der Waals surface area contributed by atoms with Crippen molar-refractivity contribution in [3.05, 3.63) is 39.8 Å². The molecular formula is C16H17BrN2O. The van der Waals surface area contributed by atoms with Crippen molar-refractivity contribution in [2.24, 2.45) is 0 Å². The smallest absolute Gasteiger partial charge is 0.133 e. The third-order valence-electron chi connectivity index (χ3n) is 3.57. The number of methoxy groups -OCH3 is 1. The fourth-order valence-corrected chi connectivity index (χ4v) is 2.90. The van der Waals surface area contributed by atoms with E-state index >= 15 is 0 Å². The Morgan fingerprint density at radius 3 is 2.55 bits per heavy atom. The molecule has 0 aliphatic heterocycles. The van der Waals surface area contributed by atoms with Crippen molar-refractivity contribution in [2.75, 3.05) is 7.11 Å². The minimum atomic E-state index is 0.531. The lowest BCUT2D eigenvalue weighted by Gasteiger charge is -2.13. The molecule has 0 spiro atoms. The molecule has 0 bridgehead atoms. The Balaban J connectivity index is 2.17. The summed E-state index contributed by atoms with van der Waals surface area (Å²) in [7, 11) is 1.70. The molecule has 0 unspecified atom stereocenters. The predicted octanol–water partition coefficient (Wildman–Crippen LogP) is 4.41. The molecule has 3 rings (SSSR count). The Bertz CT molecular complexity index is 666. The molecule has 20 heavy (non-hydrogen) atoms. The van der Waals surface area contributed by atoms with Crippen LogP contribution >= 0.6 is 15.9 Å². The number of benzene rings is 1. The molecular weight excluding hydrogens is 316 g/mol. The van der Waals surface area contributed by atoms with E-state index in [1.807, 2.05) is 6.07 Å². The van der Waals surface area contributed by atoms with Gasteiger partial charge in [-0.25, -0.2) is 9.97 Å². The van der Waals surface area contributed by atoms with Crippen molar-refractivity contribution in [2.45, 2.75) is 32.6 Å². The van der Waals surface area contributed by atoms with Gasteiger partial charge in [-0.05, 0) is 65.9 Å². The summed E-state index contributed by atoms with van der Waals surface area (Å²) < 4.78 is 6.38. The van der Waals surface area contributed by atoms with E-state index < -0.39 is 0 Å². The van der Waals surface area contributed by atoms with E-state index in [0.29, 0.717) is 5.92 Å². The fourth-order valence-electron chi connectivity index (χ4n) is 2.51. The monoisotopic (exact) mass is 332 g/mol. The van der Waals surface area contributed by atoms with Crippen LogP contribution in [0.2, 0.25) is 0 Å². The molecule has 0 atom stereocenters. The number of halogens is 1. The molecule has 2 aromatic rings. The maximum atomic E-state index is 5.54. The predicted molar refractivity (Wildman–Crippen MR) is 83.2 cm³/mol. The SMILES string of the molecule is COc1cc(C)cc(C)c1-c1cc(Br)nc(C2CC2)n1. The summed E-state index contributed by atoms with van der Waals surface area (Å²) in [6.07, 6.45) is 2.39. The molecule has 0 radical (unpaired) electrons. The van der Waals surface area contributed by atoms with Gasteiger partial charge in [0.1, 0.15) is 16.2 Å². The van der Waals surface area contributed by atoms with Gasteiger partial charge in [0, 0.05) is 11.5 Å². The van der Waals surface area contributed by atoms with Crippen LogP contribution in [0.15, 0.2) is 22.8 Å². The van der Waals surface area contributed by atoms with Crippen molar-refractivity contribution in [3.63, 3.8) is 0 Å². The minimum Gasteiger partial charge on any atom is -0.496 e. The molecule has 1 aliphatic rings. The molecule has 1 aliphatic carbocycles. The first-order valence-electron chi connectivity index (χ1n) is 6.78. The van der Waals surface area contributed by atoms with E-state index in [9.17, 15) is 0 Å². The molecule has 0 N–H and O–H groups in total. The van der Waals surface area contributed by atoms with Crippen molar-refractivity contribution >= 4 is 15.9 Å². The summed E-state index contributed by atoms with van der Waals surface area (Å²) in [5.41, 5.74) is 4.36. The zero-order chi connectivity index (χ0) is 14.3. The molecule has 0 saturated heterocycles. The normalized spacial score (nSPS) is 14.4. The first-order chi connectivity index (χ1) is 9.58. The summed E-state index contributed by atoms with van der Waals surface area (Å²) >= 11 is 3.50. The van der Waals surface area contributed by atoms with E-state index in [0.717, 1.165) is 27.4 Å². The topological polar surface area (TPSA) is 35.0 Å². The van der Waals surface area contributed by atoms with Gasteiger partial charge >= 0.3 is 0 Å². The summed E-state index contributed by atoms with van der Waals surface area (Å²) in [6.45, 7) is 4.17. The maximum Gasteiger partial charge on any atom is 0.133 e. The number of ether oxygens (including phenoxy) is 1. The largest absolute Gasteiger partial charge is 0.496 e. The lowest BCUT2D eigenvalue weighted by atomic mass is 10.0. The molecule has 1 fully saturated rings. The van der Waals surface area contributed by atoms with Gasteiger partial charge in [0.15, 0.2) is 0 Å². The second kappa shape index (κ2) is 5.17. The Kier molecular flexibility index (Phi) is 3.50. The van der Waals surface area contributed by atoms with Crippen LogP contribution in [0.1, 0.15) is 35.7 Å². The highest BCUT2D eigenvalue weighted by Crippen LogP contribution is 2.40. The lowest BCUT2D eigenvalue weighted by Crippen LogP contribution is -1.99. The average molecular weight is 333 g/mol. The molecule has 4 heteroatoms. The highest BCUT2D eigenvalue weighted by atomic mass is 79.9. The van der Waals surface area contributed by atoms with Gasteiger partial charge in [-0.2, -0.15) is 0 Å². The van der Waals surface area contributed by atoms with Crippen LogP contribution in [0, 0.1) is 13.8 Å². The maximum absolute atomic E-state index is 5.54. The zero-order valence-corrected chi connectivity index (χ0v) is 13.5. The van der Waals surface area contributed by atoms with Gasteiger partial charge in [-0.3, -0.25) is 0 Å². The average Bonchev–Trinajstić information content (AvgIpc) is 3.21. The van der Waals surface area contributed by atoms with Crippen LogP contribution in [-0.2, 0) is 0 Å². The van der Waals surface area contributed by atoms with Crippen molar-refractivity contribution in [3.8, 4) is 17.0 Å². The molecule has 104 valence electrons. The highest BCUT2D eigenvalue weighted by Gasteiger charge is 2.27. The minimum absolute atomic E-state index is 0.531. The number of hydrogen-bond donors (Lipinski definition) is 0. The van der Waals surface area contributed by atoms with Gasteiger partial charge in [-0.1, -0.05) is 6.07 Å². The zero-order valence-electron chi connectivity index (χ0n) is 11.9. The number of nitrogens with zero attached hydrogens (tertiary/aromatic N) is 2. The standard InChI is InChI=1S/C16H17BrN2O/c1-9-6-10(2)15(13(7-9)20-3)12-8-14(17)19-16(18-12)11-4-5-11/h6-8,11H,4-5H2,1-3H3. The number of aromatic nitrogens is 2. The summed E-state index contributed by atoms with van der Waals surface area (Å²) in [5, 5.41) is 0. The van der Waals surface area contributed by atoms with Crippen molar-refractivity contribution < 1.29 is 4.74 Å². The van der Waals surface area contributed by atoms with Gasteiger partial charge in [0.05, 0.1) is 12.8 Å². The van der Waals surface area contributed by atoms with Gasteiger partial charge in [0.25, 0.3) is 0 Å². The highest BCUT2D eigenvalue weighted by molar-refractivity contribution is 9.10. The van der Waals surface area contributed by atoms with E-state index in [1.165, 1.54) is 24.0 Å². The molecule has 1 aromatic carbocycles. The quantitative estimate of drug-likeness (QED) is 0.781. The van der Waals surface area contributed by atoms with E-state index in [4.69, 9.17) is 9.72 Å². The summed E-state index contributed by atoms with van der Waals surface area (Å²) in [4.78, 5) is 9.23. The molecule has 0 amide bonds. The Morgan fingerprint density at radius 1 is 1.15 bits per heavy atom. The van der Waals surface area contributed by atoms with E-state index in [2.05, 4.69) is 46.9 Å². The van der Waals surface area contributed by atoms with E-state index in [1.54, 1.807) is 7.11 Å². The van der Waals surface area contributed by atoms with Crippen LogP contribution in [0.4, 0.5) is 0 Å². The third-order valence-corrected chi connectivity index (χ3v) is 3.98. The van der Waals surface area contributed by atoms with Crippen molar-refractivity contribution in [1.29, 1.82) is 0 Å². The summed E-state index contributed by atoms with van der Waals surface area (Å²) in [6, 6.07) is 6.17. The van der Waals surface area contributed by atoms with Crippen LogP contribution in [-0.4, -0.2) is 17.1 Å². The number of aryl methyl sites for hydroxylation is 2. The van der Waals surface area contributed by atoms with Crippen LogP contribution < -0.4 is 4.74 Å². The fraction of sp³-hybridized carbons (Fsp3) is 0.375. The van der Waals surface area contributed by atoms with Crippen LogP contribution in [0.5, 0.6) is 5.75 Å². The summed E-state index contributed by atoms with van der Waals surface area (Å²) in [5.74, 6) is 2.34. The first-order valence-corrected chi connectivity index (χ1v) is 7.58. The second-order valence-electron chi connectivity index (χ2n) is 5.37. The van der Waals surface area contributed by atoms with Crippen LogP contribution in [0.25, 0.3) is 11.3 Å². The van der Waals surface area contributed by atoms with Gasteiger partial charge < -0.3 is 4.74 Å². The Labute approximate surface area is 127 Å². The van der Waals surface area contributed by atoms with Gasteiger partial charge in [-0.15, -0.1) is 0 Å². The van der Waals surface area contributed by atoms with E-state index in [-0.39, 0.29) is 0 Å². The number of hydrogen-bond acceptors (Lipinski definition) is 3. The van der Waals surface area contributed by atoms with Crippen LogP contribution in [0.3, 0.4) is 0 Å². The van der Waals surface area contributed by atoms with Crippen molar-refractivity contribution in [1.82, 2.24) is 9.97 Å². The second-order valence-corrected chi connectivity index (χ2v) is 6.18. The molecule has 1 heterocycles. The van der Waals surface area contributed by atoms with Gasteiger partial charge in [0.2, 0.25) is 0 Å². The first kappa shape index (κ1) is 13.6. The lowest BCUT2D eigenvalue weighted by molar-refractivity contribution is 0.415. The third kappa shape index (κ3) is 2.57.